The Hall–Kier alpha value is -2.91. The zero-order valence-electron chi connectivity index (χ0n) is 19.1. The van der Waals surface area contributed by atoms with E-state index in [1.54, 1.807) is 39.3 Å². The van der Waals surface area contributed by atoms with Crippen LogP contribution in [0.5, 0.6) is 0 Å². The number of hydrogen-bond donors (Lipinski definition) is 1. The van der Waals surface area contributed by atoms with E-state index in [9.17, 15) is 14.0 Å². The van der Waals surface area contributed by atoms with Crippen molar-refractivity contribution < 1.29 is 9.18 Å². The van der Waals surface area contributed by atoms with Crippen LogP contribution in [0, 0.1) is 5.82 Å². The molecule has 34 heavy (non-hydrogen) atoms. The number of hydrogen-bond acceptors (Lipinski definition) is 5. The maximum atomic E-state index is 14.3. The van der Waals surface area contributed by atoms with E-state index in [2.05, 4.69) is 15.5 Å². The molecular formula is C24H25ClFN5O2S. The predicted molar refractivity (Wildman–Crippen MR) is 133 cm³/mol. The molecule has 1 amide bonds. The van der Waals surface area contributed by atoms with Gasteiger partial charge in [0.25, 0.3) is 11.5 Å². The molecule has 1 N–H and O–H groups in total. The third kappa shape index (κ3) is 4.54. The van der Waals surface area contributed by atoms with Gasteiger partial charge >= 0.3 is 0 Å². The molecule has 1 atom stereocenters. The lowest BCUT2D eigenvalue weighted by Gasteiger charge is -2.14. The van der Waals surface area contributed by atoms with Crippen molar-refractivity contribution in [2.75, 3.05) is 0 Å². The smallest absolute Gasteiger partial charge is 0.262 e. The lowest BCUT2D eigenvalue weighted by atomic mass is 10.1. The summed E-state index contributed by atoms with van der Waals surface area (Å²) in [5.41, 5.74) is 1.13. The average Bonchev–Trinajstić information content (AvgIpc) is 3.25. The van der Waals surface area contributed by atoms with Gasteiger partial charge in [-0.05, 0) is 50.1 Å². The van der Waals surface area contributed by atoms with E-state index in [1.807, 2.05) is 20.8 Å². The van der Waals surface area contributed by atoms with Gasteiger partial charge in [0.2, 0.25) is 5.78 Å². The topological polar surface area (TPSA) is 81.3 Å². The van der Waals surface area contributed by atoms with Gasteiger partial charge in [-0.25, -0.2) is 4.39 Å². The van der Waals surface area contributed by atoms with Gasteiger partial charge in [-0.2, -0.15) is 0 Å². The fourth-order valence-corrected chi connectivity index (χ4v) is 4.94. The summed E-state index contributed by atoms with van der Waals surface area (Å²) in [5, 5.41) is 12.8. The lowest BCUT2D eigenvalue weighted by Crippen LogP contribution is -2.32. The summed E-state index contributed by atoms with van der Waals surface area (Å²) in [6.07, 6.45) is 1.53. The van der Waals surface area contributed by atoms with Crippen molar-refractivity contribution in [2.45, 2.75) is 57.1 Å². The molecule has 0 unspecified atom stereocenters. The first-order valence-corrected chi connectivity index (χ1v) is 12.5. The van der Waals surface area contributed by atoms with Crippen LogP contribution in [-0.2, 0) is 12.3 Å². The van der Waals surface area contributed by atoms with Crippen LogP contribution < -0.4 is 10.9 Å². The third-order valence-corrected chi connectivity index (χ3v) is 6.99. The van der Waals surface area contributed by atoms with Gasteiger partial charge in [0.1, 0.15) is 5.82 Å². The largest absolute Gasteiger partial charge is 0.350 e. The number of carbonyl (C=O) groups excluding carboxylic acids is 1. The molecule has 0 bridgehead atoms. The van der Waals surface area contributed by atoms with E-state index < -0.39 is 5.82 Å². The first kappa shape index (κ1) is 24.2. The second-order valence-corrected chi connectivity index (χ2v) is 9.43. The van der Waals surface area contributed by atoms with Gasteiger partial charge in [0.15, 0.2) is 5.16 Å². The zero-order chi connectivity index (χ0) is 24.4. The van der Waals surface area contributed by atoms with Gasteiger partial charge in [-0.1, -0.05) is 43.3 Å². The van der Waals surface area contributed by atoms with Crippen LogP contribution in [-0.4, -0.2) is 31.1 Å². The highest BCUT2D eigenvalue weighted by Gasteiger charge is 2.19. The molecule has 4 rings (SSSR count). The number of nitrogens with one attached hydrogen (secondary N) is 1. The summed E-state index contributed by atoms with van der Waals surface area (Å²) in [4.78, 5) is 26.0. The minimum atomic E-state index is -0.398. The van der Waals surface area contributed by atoms with Crippen LogP contribution in [0.25, 0.3) is 16.7 Å². The van der Waals surface area contributed by atoms with Crippen LogP contribution in [0.3, 0.4) is 0 Å². The van der Waals surface area contributed by atoms with E-state index in [-0.39, 0.29) is 23.3 Å². The Morgan fingerprint density at radius 1 is 1.24 bits per heavy atom. The second kappa shape index (κ2) is 10.1. The highest BCUT2D eigenvalue weighted by atomic mass is 35.5. The number of aromatic nitrogens is 4. The molecule has 4 aromatic rings. The first-order chi connectivity index (χ1) is 16.3. The summed E-state index contributed by atoms with van der Waals surface area (Å²) in [6, 6.07) is 9.57. The van der Waals surface area contributed by atoms with Crippen LogP contribution in [0.2, 0.25) is 5.02 Å². The third-order valence-electron chi connectivity index (χ3n) is 5.68. The van der Waals surface area contributed by atoms with Gasteiger partial charge in [0, 0.05) is 34.5 Å². The minimum Gasteiger partial charge on any atom is -0.350 e. The maximum Gasteiger partial charge on any atom is 0.262 e. The molecule has 0 aliphatic rings. The number of amides is 1. The Morgan fingerprint density at radius 2 is 2.03 bits per heavy atom. The average molecular weight is 502 g/mol. The van der Waals surface area contributed by atoms with Crippen LogP contribution in [0.15, 0.2) is 46.3 Å². The van der Waals surface area contributed by atoms with E-state index in [4.69, 9.17) is 11.6 Å². The van der Waals surface area contributed by atoms with Gasteiger partial charge in [-0.3, -0.25) is 18.6 Å². The van der Waals surface area contributed by atoms with Gasteiger partial charge in [0.05, 0.1) is 10.9 Å². The molecule has 0 saturated heterocycles. The maximum absolute atomic E-state index is 14.3. The summed E-state index contributed by atoms with van der Waals surface area (Å²) in [7, 11) is 0. The summed E-state index contributed by atoms with van der Waals surface area (Å²) in [5.74, 6) is -0.0105. The Labute approximate surface area is 205 Å². The number of nitrogens with zero attached hydrogens (tertiary/aromatic N) is 4. The lowest BCUT2D eigenvalue weighted by molar-refractivity contribution is 0.0939. The molecule has 7 nitrogen and oxygen atoms in total. The molecule has 0 saturated carbocycles. The number of benzene rings is 2. The summed E-state index contributed by atoms with van der Waals surface area (Å²) >= 11 is 7.46. The molecule has 2 aromatic heterocycles. The van der Waals surface area contributed by atoms with Crippen molar-refractivity contribution >= 4 is 46.0 Å². The Balaban J connectivity index is 1.86. The molecule has 0 radical (unpaired) electrons. The van der Waals surface area contributed by atoms with Crippen molar-refractivity contribution in [2.24, 2.45) is 0 Å². The minimum absolute atomic E-state index is 0.0207. The Morgan fingerprint density at radius 3 is 2.74 bits per heavy atom. The van der Waals surface area contributed by atoms with Crippen LogP contribution in [0.1, 0.15) is 49.5 Å². The molecule has 0 aliphatic carbocycles. The molecule has 2 aromatic carbocycles. The summed E-state index contributed by atoms with van der Waals surface area (Å²) in [6.45, 7) is 6.37. The van der Waals surface area contributed by atoms with E-state index >= 15 is 0 Å². The van der Waals surface area contributed by atoms with Crippen LogP contribution in [0.4, 0.5) is 4.39 Å². The monoisotopic (exact) mass is 501 g/mol. The van der Waals surface area contributed by atoms with Crippen molar-refractivity contribution in [1.29, 1.82) is 0 Å². The van der Waals surface area contributed by atoms with Crippen molar-refractivity contribution in [3.05, 3.63) is 68.7 Å². The van der Waals surface area contributed by atoms with Gasteiger partial charge < -0.3 is 5.32 Å². The second-order valence-electron chi connectivity index (χ2n) is 8.08. The molecule has 10 heteroatoms. The Bertz CT molecular complexity index is 1410. The molecule has 0 aliphatic heterocycles. The number of aryl methyl sites for hydroxylation is 1. The molecule has 2 heterocycles. The van der Waals surface area contributed by atoms with Crippen molar-refractivity contribution in [1.82, 2.24) is 24.5 Å². The van der Waals surface area contributed by atoms with E-state index in [0.29, 0.717) is 44.5 Å². The number of thioether (sulfide) groups is 1. The van der Waals surface area contributed by atoms with Gasteiger partial charge in [-0.15, -0.1) is 10.2 Å². The molecular weight excluding hydrogens is 477 g/mol. The number of fused-ring (bicyclic) bond motifs is 3. The first-order valence-electron chi connectivity index (χ1n) is 11.1. The number of halogens is 2. The predicted octanol–water partition coefficient (Wildman–Crippen LogP) is 5.07. The number of rotatable bonds is 8. The van der Waals surface area contributed by atoms with Crippen molar-refractivity contribution in [3.63, 3.8) is 0 Å². The molecule has 0 spiro atoms. The Kier molecular flexibility index (Phi) is 7.23. The highest BCUT2D eigenvalue weighted by Crippen LogP contribution is 2.29. The SMILES string of the molecule is CCCn1c(=O)c2ccc(C(=O)N[C@@H](C)CC)cc2n2c(SCc3c(F)cccc3Cl)nnc12. The fraction of sp³-hybridized carbons (Fsp3) is 0.333. The van der Waals surface area contributed by atoms with E-state index in [0.717, 1.165) is 12.8 Å². The summed E-state index contributed by atoms with van der Waals surface area (Å²) < 4.78 is 17.6. The molecule has 178 valence electrons. The molecule has 0 fully saturated rings. The zero-order valence-corrected chi connectivity index (χ0v) is 20.7. The van der Waals surface area contributed by atoms with E-state index in [1.165, 1.54) is 17.8 Å². The fourth-order valence-electron chi connectivity index (χ4n) is 3.66. The quantitative estimate of drug-likeness (QED) is 0.341. The number of carbonyl (C=O) groups is 1. The highest BCUT2D eigenvalue weighted by molar-refractivity contribution is 7.98. The standard InChI is InChI=1S/C24H25ClFN5O2S/c1-4-11-30-22(33)16-10-9-15(21(32)27-14(3)5-2)12-20(16)31-23(30)28-29-24(31)34-13-17-18(25)7-6-8-19(17)26/h6-10,12,14H,4-5,11,13H2,1-3H3,(H,27,32)/t14-/m0/s1. The normalized spacial score (nSPS) is 12.4. The van der Waals surface area contributed by atoms with Crippen molar-refractivity contribution in [3.8, 4) is 0 Å². The van der Waals surface area contributed by atoms with Crippen LogP contribution >= 0.6 is 23.4 Å².